The summed E-state index contributed by atoms with van der Waals surface area (Å²) in [5.74, 6) is -0.897. The van der Waals surface area contributed by atoms with Crippen molar-refractivity contribution in [3.8, 4) is 0 Å². The molecule has 0 bridgehead atoms. The Kier molecular flexibility index (Phi) is 53.3. The maximum atomic E-state index is 12.9. The van der Waals surface area contributed by atoms with Crippen molar-refractivity contribution in [2.24, 2.45) is 0 Å². The standard InChI is InChI=1S/C61H108O6/c1-4-7-10-13-16-19-22-25-28-30-33-36-39-42-45-48-51-54-60(63)66-57-58(56-65-59(62)53-50-47-44-41-38-35-32-27-24-21-18-15-12-9-6-3)67-61(64)55-52-49-46-43-40-37-34-31-29-26-23-20-17-14-11-8-5-2/h16-17,19-20,25-29,32,58H,4-15,18,21-24,30-31,33-57H2,1-3H3/b19-16-,20-17-,28-25-,29-26-,32-27-/t58-/m1/s1. The van der Waals surface area contributed by atoms with E-state index in [2.05, 4.69) is 81.5 Å². The van der Waals surface area contributed by atoms with Crippen LogP contribution in [0.2, 0.25) is 0 Å². The number of rotatable bonds is 52. The van der Waals surface area contributed by atoms with E-state index in [1.165, 1.54) is 161 Å². The smallest absolute Gasteiger partial charge is 0.306 e. The number of unbranched alkanes of at least 4 members (excludes halogenated alkanes) is 31. The molecule has 0 N–H and O–H groups in total. The summed E-state index contributed by atoms with van der Waals surface area (Å²) in [4.78, 5) is 38.2. The first-order valence-corrected chi connectivity index (χ1v) is 28.8. The highest BCUT2D eigenvalue weighted by atomic mass is 16.6. The first-order chi connectivity index (χ1) is 33.0. The van der Waals surface area contributed by atoms with Gasteiger partial charge in [0.25, 0.3) is 0 Å². The second-order valence-corrected chi connectivity index (χ2v) is 19.2. The van der Waals surface area contributed by atoms with Crippen molar-refractivity contribution >= 4 is 17.9 Å². The van der Waals surface area contributed by atoms with Crippen molar-refractivity contribution < 1.29 is 28.6 Å². The number of esters is 3. The van der Waals surface area contributed by atoms with E-state index in [1.54, 1.807) is 0 Å². The average Bonchev–Trinajstić information content (AvgIpc) is 3.33. The van der Waals surface area contributed by atoms with Crippen LogP contribution in [-0.4, -0.2) is 37.2 Å². The van der Waals surface area contributed by atoms with Gasteiger partial charge in [0.2, 0.25) is 0 Å². The number of carbonyl (C=O) groups is 3. The Morgan fingerprint density at radius 3 is 0.866 bits per heavy atom. The lowest BCUT2D eigenvalue weighted by atomic mass is 10.1. The lowest BCUT2D eigenvalue weighted by Gasteiger charge is -2.18. The van der Waals surface area contributed by atoms with Gasteiger partial charge in [0.1, 0.15) is 13.2 Å². The van der Waals surface area contributed by atoms with Gasteiger partial charge in [-0.15, -0.1) is 0 Å². The van der Waals surface area contributed by atoms with E-state index in [0.29, 0.717) is 19.3 Å². The van der Waals surface area contributed by atoms with E-state index in [9.17, 15) is 14.4 Å². The number of carbonyl (C=O) groups excluding carboxylic acids is 3. The highest BCUT2D eigenvalue weighted by Gasteiger charge is 2.19. The summed E-state index contributed by atoms with van der Waals surface area (Å²) in [6.45, 7) is 6.59. The molecule has 0 aromatic heterocycles. The van der Waals surface area contributed by atoms with Gasteiger partial charge < -0.3 is 14.2 Å². The number of hydrogen-bond acceptors (Lipinski definition) is 6. The zero-order valence-corrected chi connectivity index (χ0v) is 44.4. The maximum absolute atomic E-state index is 12.9. The molecule has 0 unspecified atom stereocenters. The topological polar surface area (TPSA) is 78.9 Å². The third-order valence-electron chi connectivity index (χ3n) is 12.5. The number of ether oxygens (including phenoxy) is 3. The average molecular weight is 938 g/mol. The summed E-state index contributed by atoms with van der Waals surface area (Å²) in [5, 5.41) is 0. The summed E-state index contributed by atoms with van der Waals surface area (Å²) in [7, 11) is 0. The van der Waals surface area contributed by atoms with Crippen LogP contribution in [0.4, 0.5) is 0 Å². The summed E-state index contributed by atoms with van der Waals surface area (Å²) in [5.41, 5.74) is 0. The van der Waals surface area contributed by atoms with Gasteiger partial charge in [-0.25, -0.2) is 0 Å². The predicted octanol–water partition coefficient (Wildman–Crippen LogP) is 19.2. The second kappa shape index (κ2) is 55.7. The first-order valence-electron chi connectivity index (χ1n) is 28.8. The lowest BCUT2D eigenvalue weighted by Crippen LogP contribution is -2.30. The Morgan fingerprint density at radius 1 is 0.299 bits per heavy atom. The van der Waals surface area contributed by atoms with Crippen molar-refractivity contribution in [1.29, 1.82) is 0 Å². The zero-order chi connectivity index (χ0) is 48.6. The van der Waals surface area contributed by atoms with Crippen LogP contribution < -0.4 is 0 Å². The second-order valence-electron chi connectivity index (χ2n) is 19.2. The van der Waals surface area contributed by atoms with Crippen LogP contribution in [0.15, 0.2) is 60.8 Å². The molecule has 0 radical (unpaired) electrons. The minimum absolute atomic E-state index is 0.0834. The minimum atomic E-state index is -0.785. The third kappa shape index (κ3) is 53.9. The predicted molar refractivity (Wildman–Crippen MR) is 288 cm³/mol. The fourth-order valence-electron chi connectivity index (χ4n) is 8.09. The molecule has 0 rings (SSSR count). The highest BCUT2D eigenvalue weighted by Crippen LogP contribution is 2.15. The SMILES string of the molecule is CCCCC/C=C\C/C=C\CCCCCCCCCC(=O)OC[C@@H](COC(=O)CCCCCCC/C=C\CCCCCCCC)OC(=O)CCCCCCCCC/C=C\C/C=C\CCCCC. The molecule has 6 nitrogen and oxygen atoms in total. The first kappa shape index (κ1) is 64.1. The van der Waals surface area contributed by atoms with Crippen LogP contribution in [0, 0.1) is 0 Å². The van der Waals surface area contributed by atoms with Gasteiger partial charge in [0.05, 0.1) is 0 Å². The Morgan fingerprint density at radius 2 is 0.537 bits per heavy atom. The summed E-state index contributed by atoms with van der Waals surface area (Å²) in [6, 6.07) is 0. The third-order valence-corrected chi connectivity index (χ3v) is 12.5. The van der Waals surface area contributed by atoms with E-state index in [0.717, 1.165) is 89.9 Å². The van der Waals surface area contributed by atoms with E-state index >= 15 is 0 Å². The molecule has 0 amide bonds. The normalized spacial score (nSPS) is 12.5. The zero-order valence-electron chi connectivity index (χ0n) is 44.4. The van der Waals surface area contributed by atoms with Gasteiger partial charge in [0.15, 0.2) is 6.10 Å². The van der Waals surface area contributed by atoms with Gasteiger partial charge in [-0.05, 0) is 109 Å². The summed E-state index contributed by atoms with van der Waals surface area (Å²) < 4.78 is 16.9. The van der Waals surface area contributed by atoms with E-state index in [1.807, 2.05) is 0 Å². The van der Waals surface area contributed by atoms with Gasteiger partial charge in [-0.1, -0.05) is 223 Å². The fraction of sp³-hybridized carbons (Fsp3) is 0.787. The molecule has 0 saturated heterocycles. The van der Waals surface area contributed by atoms with Gasteiger partial charge in [-0.3, -0.25) is 14.4 Å². The molecule has 0 saturated carbocycles. The van der Waals surface area contributed by atoms with Crippen LogP contribution in [0.3, 0.4) is 0 Å². The number of hydrogen-bond donors (Lipinski definition) is 0. The van der Waals surface area contributed by atoms with Gasteiger partial charge in [0, 0.05) is 19.3 Å². The van der Waals surface area contributed by atoms with Crippen LogP contribution in [0.1, 0.15) is 290 Å². The molecule has 0 fully saturated rings. The molecule has 0 aromatic rings. The quantitative estimate of drug-likeness (QED) is 0.0262. The maximum Gasteiger partial charge on any atom is 0.306 e. The Balaban J connectivity index is 4.41. The molecule has 6 heteroatoms. The van der Waals surface area contributed by atoms with Crippen LogP contribution in [-0.2, 0) is 28.6 Å². The molecule has 0 aliphatic carbocycles. The Bertz CT molecular complexity index is 1210. The highest BCUT2D eigenvalue weighted by molar-refractivity contribution is 5.71. The van der Waals surface area contributed by atoms with Crippen LogP contribution in [0.5, 0.6) is 0 Å². The Labute approximate surface area is 415 Å². The molecule has 0 aromatic carbocycles. The molecular weight excluding hydrogens is 829 g/mol. The van der Waals surface area contributed by atoms with E-state index in [-0.39, 0.29) is 31.1 Å². The van der Waals surface area contributed by atoms with Crippen LogP contribution >= 0.6 is 0 Å². The van der Waals surface area contributed by atoms with Gasteiger partial charge >= 0.3 is 17.9 Å². The van der Waals surface area contributed by atoms with Gasteiger partial charge in [-0.2, -0.15) is 0 Å². The van der Waals surface area contributed by atoms with E-state index in [4.69, 9.17) is 14.2 Å². The largest absolute Gasteiger partial charge is 0.462 e. The molecular formula is C61H108O6. The lowest BCUT2D eigenvalue weighted by molar-refractivity contribution is -0.167. The molecule has 388 valence electrons. The van der Waals surface area contributed by atoms with Crippen molar-refractivity contribution in [2.45, 2.75) is 297 Å². The van der Waals surface area contributed by atoms with Crippen molar-refractivity contribution in [2.75, 3.05) is 13.2 Å². The molecule has 0 aliphatic heterocycles. The molecule has 0 heterocycles. The van der Waals surface area contributed by atoms with Crippen molar-refractivity contribution in [3.63, 3.8) is 0 Å². The van der Waals surface area contributed by atoms with E-state index < -0.39 is 6.10 Å². The number of allylic oxidation sites excluding steroid dienone is 10. The van der Waals surface area contributed by atoms with Crippen molar-refractivity contribution in [1.82, 2.24) is 0 Å². The summed E-state index contributed by atoms with van der Waals surface area (Å²) in [6.07, 6.45) is 69.1. The fourth-order valence-corrected chi connectivity index (χ4v) is 8.09. The van der Waals surface area contributed by atoms with Crippen LogP contribution in [0.25, 0.3) is 0 Å². The van der Waals surface area contributed by atoms with Crippen molar-refractivity contribution in [3.05, 3.63) is 60.8 Å². The molecule has 1 atom stereocenters. The monoisotopic (exact) mass is 937 g/mol. The minimum Gasteiger partial charge on any atom is -0.462 e. The molecule has 67 heavy (non-hydrogen) atoms. The Hall–Kier alpha value is -2.89. The molecule has 0 aliphatic rings. The summed E-state index contributed by atoms with van der Waals surface area (Å²) >= 11 is 0. The molecule has 0 spiro atoms.